The second kappa shape index (κ2) is 9.65. The molecule has 1 atom stereocenters. The number of benzene rings is 1. The molecule has 1 rings (SSSR count). The summed E-state index contributed by atoms with van der Waals surface area (Å²) < 4.78 is 14.9. The lowest BCUT2D eigenvalue weighted by Crippen LogP contribution is -2.21. The zero-order valence-corrected chi connectivity index (χ0v) is 13.4. The van der Waals surface area contributed by atoms with Crippen LogP contribution in [0.15, 0.2) is 24.3 Å². The van der Waals surface area contributed by atoms with Crippen LogP contribution < -0.4 is 4.74 Å². The van der Waals surface area contributed by atoms with Crippen LogP contribution in [-0.2, 0) is 24.3 Å². The fourth-order valence-electron chi connectivity index (χ4n) is 1.52. The van der Waals surface area contributed by atoms with Crippen LogP contribution >= 0.6 is 0 Å². The first kappa shape index (κ1) is 18.7. The molecule has 0 N–H and O–H groups in total. The van der Waals surface area contributed by atoms with Crippen molar-refractivity contribution in [2.75, 3.05) is 13.7 Å². The lowest BCUT2D eigenvalue weighted by Gasteiger charge is -2.10. The number of hydrogen-bond donors (Lipinski definition) is 0. The summed E-state index contributed by atoms with van der Waals surface area (Å²) >= 11 is 0. The number of carbonyl (C=O) groups excluding carboxylic acids is 2. The summed E-state index contributed by atoms with van der Waals surface area (Å²) in [4.78, 5) is 31.3. The molecule has 23 heavy (non-hydrogen) atoms. The Balaban J connectivity index is 2.35. The molecule has 1 aromatic rings. The van der Waals surface area contributed by atoms with Crippen molar-refractivity contribution in [3.8, 4) is 5.75 Å². The number of ether oxygens (including phenoxy) is 3. The van der Waals surface area contributed by atoms with E-state index in [2.05, 4.69) is 14.8 Å². The van der Waals surface area contributed by atoms with Crippen molar-refractivity contribution in [2.45, 2.75) is 33.0 Å². The minimum Gasteiger partial charge on any atom is -0.491 e. The summed E-state index contributed by atoms with van der Waals surface area (Å²) in [7, 11) is 1.46. The molecule has 128 valence electrons. The topological polar surface area (TPSA) is 89.5 Å². The molecule has 0 saturated carbocycles. The van der Waals surface area contributed by atoms with Gasteiger partial charge in [-0.15, -0.1) is 0 Å². The molecule has 0 saturated heterocycles. The molecule has 0 spiro atoms. The van der Waals surface area contributed by atoms with E-state index in [0.29, 0.717) is 5.75 Å². The van der Waals surface area contributed by atoms with Gasteiger partial charge in [0.15, 0.2) is 0 Å². The second-order valence-electron chi connectivity index (χ2n) is 4.85. The molecule has 0 aromatic heterocycles. The number of hydrogen-bond acceptors (Lipinski definition) is 8. The van der Waals surface area contributed by atoms with Crippen LogP contribution in [0.1, 0.15) is 31.1 Å². The van der Waals surface area contributed by atoms with E-state index < -0.39 is 18.2 Å². The van der Waals surface area contributed by atoms with Gasteiger partial charge in [0.1, 0.15) is 11.9 Å². The van der Waals surface area contributed by atoms with E-state index in [1.807, 2.05) is 13.8 Å². The summed E-state index contributed by atoms with van der Waals surface area (Å²) in [5.74, 6) is -0.219. The van der Waals surface area contributed by atoms with E-state index in [0.717, 1.165) is 0 Å². The van der Waals surface area contributed by atoms with Crippen molar-refractivity contribution in [3.63, 3.8) is 0 Å². The molecule has 8 heteroatoms. The Hall–Kier alpha value is -2.32. The van der Waals surface area contributed by atoms with Crippen LogP contribution in [-0.4, -0.2) is 38.0 Å². The summed E-state index contributed by atoms with van der Waals surface area (Å²) in [5, 5.41) is 4.09. The van der Waals surface area contributed by atoms with Gasteiger partial charge in [-0.05, 0) is 45.0 Å². The first-order valence-electron chi connectivity index (χ1n) is 6.94. The molecule has 0 amide bonds. The molecular weight excluding hydrogens is 308 g/mol. The Labute approximate surface area is 134 Å². The monoisotopic (exact) mass is 328 g/mol. The van der Waals surface area contributed by atoms with Crippen LogP contribution in [0.25, 0.3) is 0 Å². The highest BCUT2D eigenvalue weighted by molar-refractivity contribution is 5.89. The first-order chi connectivity index (χ1) is 10.9. The molecule has 8 nitrogen and oxygen atoms in total. The van der Waals surface area contributed by atoms with E-state index in [1.54, 1.807) is 19.1 Å². The van der Waals surface area contributed by atoms with Crippen molar-refractivity contribution in [1.82, 2.24) is 0 Å². The van der Waals surface area contributed by atoms with Crippen molar-refractivity contribution in [1.29, 1.82) is 0 Å². The van der Waals surface area contributed by atoms with Gasteiger partial charge in [0.2, 0.25) is 0 Å². The average Bonchev–Trinajstić information content (AvgIpc) is 2.47. The molecular formula is C15H20O8. The van der Waals surface area contributed by atoms with Gasteiger partial charge >= 0.3 is 12.1 Å². The predicted molar refractivity (Wildman–Crippen MR) is 77.6 cm³/mol. The minimum absolute atomic E-state index is 0.0241. The molecule has 0 radical (unpaired) electrons. The number of methoxy groups -OCH3 is 1. The van der Waals surface area contributed by atoms with Crippen LogP contribution in [0, 0.1) is 0 Å². The van der Waals surface area contributed by atoms with Gasteiger partial charge in [0.05, 0.1) is 23.3 Å². The maximum atomic E-state index is 11.6. The molecule has 0 aliphatic carbocycles. The van der Waals surface area contributed by atoms with Crippen molar-refractivity contribution in [2.24, 2.45) is 0 Å². The standard InChI is InChI=1S/C15H20O8/c1-10(2)19-13-7-5-12(6-8-13)14(16)21-23-22-15(17)20-11(3)9-18-4/h5-8,10-11H,9H2,1-4H3. The maximum absolute atomic E-state index is 11.6. The van der Waals surface area contributed by atoms with E-state index in [9.17, 15) is 9.59 Å². The lowest BCUT2D eigenvalue weighted by atomic mass is 10.2. The minimum atomic E-state index is -1.15. The highest BCUT2D eigenvalue weighted by atomic mass is 17.5. The third-order valence-electron chi connectivity index (χ3n) is 2.37. The number of rotatable bonds is 8. The van der Waals surface area contributed by atoms with E-state index in [1.165, 1.54) is 19.2 Å². The normalized spacial score (nSPS) is 11.7. The fourth-order valence-corrected chi connectivity index (χ4v) is 1.52. The van der Waals surface area contributed by atoms with Crippen LogP contribution in [0.3, 0.4) is 0 Å². The van der Waals surface area contributed by atoms with E-state index in [4.69, 9.17) is 14.2 Å². The van der Waals surface area contributed by atoms with Crippen LogP contribution in [0.2, 0.25) is 0 Å². The van der Waals surface area contributed by atoms with Gasteiger partial charge in [-0.3, -0.25) is 4.89 Å². The molecule has 1 unspecified atom stereocenters. The predicted octanol–water partition coefficient (Wildman–Crippen LogP) is 2.67. The van der Waals surface area contributed by atoms with Gasteiger partial charge in [0.25, 0.3) is 0 Å². The van der Waals surface area contributed by atoms with Gasteiger partial charge in [-0.2, -0.15) is 0 Å². The van der Waals surface area contributed by atoms with Gasteiger partial charge in [0, 0.05) is 7.11 Å². The summed E-state index contributed by atoms with van der Waals surface area (Å²) in [5.41, 5.74) is 0.200. The Morgan fingerprint density at radius 1 is 1.04 bits per heavy atom. The van der Waals surface area contributed by atoms with Gasteiger partial charge < -0.3 is 14.2 Å². The lowest BCUT2D eigenvalue weighted by molar-refractivity contribution is -0.453. The highest BCUT2D eigenvalue weighted by Crippen LogP contribution is 2.14. The fraction of sp³-hybridized carbons (Fsp3) is 0.467. The highest BCUT2D eigenvalue weighted by Gasteiger charge is 2.15. The summed E-state index contributed by atoms with van der Waals surface area (Å²) in [6.07, 6.45) is -1.65. The molecule has 0 heterocycles. The van der Waals surface area contributed by atoms with E-state index >= 15 is 0 Å². The Kier molecular flexibility index (Phi) is 7.86. The Morgan fingerprint density at radius 2 is 1.70 bits per heavy atom. The zero-order chi connectivity index (χ0) is 17.2. The Bertz CT molecular complexity index is 497. The first-order valence-corrected chi connectivity index (χ1v) is 6.94. The molecule has 0 aliphatic heterocycles. The maximum Gasteiger partial charge on any atom is 0.543 e. The zero-order valence-electron chi connectivity index (χ0n) is 13.4. The average molecular weight is 328 g/mol. The third-order valence-corrected chi connectivity index (χ3v) is 2.37. The number of carbonyl (C=O) groups is 2. The molecule has 0 aliphatic rings. The quantitative estimate of drug-likeness (QED) is 0.409. The van der Waals surface area contributed by atoms with Crippen molar-refractivity contribution in [3.05, 3.63) is 29.8 Å². The SMILES string of the molecule is COCC(C)OC(=O)OOOC(=O)c1ccc(OC(C)C)cc1. The third kappa shape index (κ3) is 7.48. The van der Waals surface area contributed by atoms with E-state index in [-0.39, 0.29) is 18.3 Å². The van der Waals surface area contributed by atoms with Crippen molar-refractivity contribution >= 4 is 12.1 Å². The largest absolute Gasteiger partial charge is 0.543 e. The van der Waals surface area contributed by atoms with Crippen molar-refractivity contribution < 1.29 is 38.6 Å². The molecule has 0 bridgehead atoms. The Morgan fingerprint density at radius 3 is 2.26 bits per heavy atom. The van der Waals surface area contributed by atoms with Crippen LogP contribution in [0.4, 0.5) is 4.79 Å². The van der Waals surface area contributed by atoms with Gasteiger partial charge in [-0.1, -0.05) is 0 Å². The molecule has 1 aromatic carbocycles. The van der Waals surface area contributed by atoms with Gasteiger partial charge in [-0.25, -0.2) is 14.5 Å². The second-order valence-corrected chi connectivity index (χ2v) is 4.85. The van der Waals surface area contributed by atoms with Crippen LogP contribution in [0.5, 0.6) is 5.75 Å². The molecule has 0 fully saturated rings. The summed E-state index contributed by atoms with van der Waals surface area (Å²) in [6, 6.07) is 6.20. The summed E-state index contributed by atoms with van der Waals surface area (Å²) in [6.45, 7) is 5.57. The smallest absolute Gasteiger partial charge is 0.491 e.